The Morgan fingerprint density at radius 2 is 2.33 bits per heavy atom. The summed E-state index contributed by atoms with van der Waals surface area (Å²) < 4.78 is 13.8. The van der Waals surface area contributed by atoms with Crippen molar-refractivity contribution in [2.75, 3.05) is 37.7 Å². The molecule has 3 N–H and O–H groups in total. The van der Waals surface area contributed by atoms with Crippen LogP contribution < -0.4 is 11.1 Å². The summed E-state index contributed by atoms with van der Waals surface area (Å²) in [4.78, 5) is 2.33. The lowest BCUT2D eigenvalue weighted by molar-refractivity contribution is 0.217. The lowest BCUT2D eigenvalue weighted by atomic mass is 9.98. The third-order valence-corrected chi connectivity index (χ3v) is 4.00. The number of nitrogens with one attached hydrogen (secondary N) is 1. The molecule has 0 aliphatic carbocycles. The number of nitrogen functional groups attached to an aromatic ring is 1. The second-order valence-corrected chi connectivity index (χ2v) is 5.86. The minimum absolute atomic E-state index is 0.285. The number of benzene rings is 1. The Morgan fingerprint density at radius 3 is 3.06 bits per heavy atom. The van der Waals surface area contributed by atoms with Gasteiger partial charge in [0.1, 0.15) is 5.82 Å². The fraction of sp³-hybridized carbons (Fsp3) is 0.538. The molecule has 0 saturated carbocycles. The third kappa shape index (κ3) is 3.36. The van der Waals surface area contributed by atoms with E-state index >= 15 is 0 Å². The summed E-state index contributed by atoms with van der Waals surface area (Å²) in [5.74, 6) is 0.322. The van der Waals surface area contributed by atoms with Crippen molar-refractivity contribution in [3.8, 4) is 0 Å². The SMILES string of the molecule is CN1CCCC(CNc2cc(F)c(Br)cc2N)C1. The van der Waals surface area contributed by atoms with E-state index in [-0.39, 0.29) is 5.82 Å². The minimum Gasteiger partial charge on any atom is -0.397 e. The number of piperidine rings is 1. The molecule has 1 heterocycles. The van der Waals surface area contributed by atoms with E-state index in [1.807, 2.05) is 0 Å². The van der Waals surface area contributed by atoms with Crippen LogP contribution in [0.15, 0.2) is 16.6 Å². The van der Waals surface area contributed by atoms with Crippen molar-refractivity contribution in [1.82, 2.24) is 4.90 Å². The highest BCUT2D eigenvalue weighted by Gasteiger charge is 2.17. The number of likely N-dealkylation sites (tertiary alicyclic amines) is 1. The van der Waals surface area contributed by atoms with Crippen LogP contribution in [0, 0.1) is 11.7 Å². The van der Waals surface area contributed by atoms with Crippen LogP contribution in [0.25, 0.3) is 0 Å². The highest BCUT2D eigenvalue weighted by molar-refractivity contribution is 9.10. The van der Waals surface area contributed by atoms with Gasteiger partial charge in [-0.2, -0.15) is 0 Å². The molecule has 0 radical (unpaired) electrons. The predicted octanol–water partition coefficient (Wildman–Crippen LogP) is 2.92. The molecule has 1 aliphatic heterocycles. The molecule has 1 fully saturated rings. The van der Waals surface area contributed by atoms with Crippen LogP contribution in [0.3, 0.4) is 0 Å². The van der Waals surface area contributed by atoms with Gasteiger partial charge in [-0.15, -0.1) is 0 Å². The first-order valence-electron chi connectivity index (χ1n) is 6.23. The fourth-order valence-corrected chi connectivity index (χ4v) is 2.77. The Bertz CT molecular complexity index is 425. The number of hydrogen-bond donors (Lipinski definition) is 2. The molecule has 1 unspecified atom stereocenters. The second kappa shape index (κ2) is 5.89. The van der Waals surface area contributed by atoms with E-state index in [9.17, 15) is 4.39 Å². The van der Waals surface area contributed by atoms with E-state index in [0.29, 0.717) is 21.8 Å². The van der Waals surface area contributed by atoms with Gasteiger partial charge in [-0.1, -0.05) is 0 Å². The molecule has 0 amide bonds. The van der Waals surface area contributed by atoms with E-state index in [1.54, 1.807) is 6.07 Å². The molecule has 1 aromatic rings. The molecule has 100 valence electrons. The Labute approximate surface area is 116 Å². The first-order chi connectivity index (χ1) is 8.56. The van der Waals surface area contributed by atoms with Crippen LogP contribution in [-0.2, 0) is 0 Å². The molecule has 1 aromatic carbocycles. The van der Waals surface area contributed by atoms with Crippen LogP contribution in [0.1, 0.15) is 12.8 Å². The third-order valence-electron chi connectivity index (χ3n) is 3.40. The number of hydrogen-bond acceptors (Lipinski definition) is 3. The zero-order valence-electron chi connectivity index (χ0n) is 10.5. The number of rotatable bonds is 3. The molecule has 1 saturated heterocycles. The van der Waals surface area contributed by atoms with Gasteiger partial charge in [0, 0.05) is 19.2 Å². The van der Waals surface area contributed by atoms with E-state index < -0.39 is 0 Å². The largest absolute Gasteiger partial charge is 0.397 e. The molecule has 1 aliphatic rings. The van der Waals surface area contributed by atoms with Crippen molar-refractivity contribution in [2.45, 2.75) is 12.8 Å². The number of anilines is 2. The Balaban J connectivity index is 1.95. The van der Waals surface area contributed by atoms with Crippen molar-refractivity contribution in [2.24, 2.45) is 5.92 Å². The van der Waals surface area contributed by atoms with Gasteiger partial charge < -0.3 is 16.0 Å². The van der Waals surface area contributed by atoms with Gasteiger partial charge in [-0.25, -0.2) is 4.39 Å². The van der Waals surface area contributed by atoms with Gasteiger partial charge in [-0.3, -0.25) is 0 Å². The minimum atomic E-state index is -0.285. The highest BCUT2D eigenvalue weighted by atomic mass is 79.9. The van der Waals surface area contributed by atoms with Crippen molar-refractivity contribution in [3.05, 3.63) is 22.4 Å². The Morgan fingerprint density at radius 1 is 1.56 bits per heavy atom. The van der Waals surface area contributed by atoms with Gasteiger partial charge in [0.2, 0.25) is 0 Å². The maximum Gasteiger partial charge on any atom is 0.139 e. The maximum absolute atomic E-state index is 13.4. The van der Waals surface area contributed by atoms with Crippen molar-refractivity contribution in [3.63, 3.8) is 0 Å². The van der Waals surface area contributed by atoms with Gasteiger partial charge in [-0.05, 0) is 54.3 Å². The number of halogens is 2. The molecular formula is C13H19BrFN3. The van der Waals surface area contributed by atoms with Crippen LogP contribution >= 0.6 is 15.9 Å². The van der Waals surface area contributed by atoms with Crippen molar-refractivity contribution in [1.29, 1.82) is 0 Å². The van der Waals surface area contributed by atoms with Crippen LogP contribution in [0.2, 0.25) is 0 Å². The zero-order chi connectivity index (χ0) is 13.1. The number of nitrogens with two attached hydrogens (primary N) is 1. The highest BCUT2D eigenvalue weighted by Crippen LogP contribution is 2.27. The summed E-state index contributed by atoms with van der Waals surface area (Å²) in [7, 11) is 2.14. The molecule has 1 atom stereocenters. The lowest BCUT2D eigenvalue weighted by Gasteiger charge is -2.30. The second-order valence-electron chi connectivity index (χ2n) is 5.00. The maximum atomic E-state index is 13.4. The average molecular weight is 316 g/mol. The predicted molar refractivity (Wildman–Crippen MR) is 77.2 cm³/mol. The first-order valence-corrected chi connectivity index (χ1v) is 7.02. The van der Waals surface area contributed by atoms with Gasteiger partial charge in [0.25, 0.3) is 0 Å². The summed E-state index contributed by atoms with van der Waals surface area (Å²) in [5.41, 5.74) is 7.12. The number of nitrogens with zero attached hydrogens (tertiary/aromatic N) is 1. The van der Waals surface area contributed by atoms with E-state index in [1.165, 1.54) is 25.5 Å². The van der Waals surface area contributed by atoms with Crippen LogP contribution in [0.4, 0.5) is 15.8 Å². The average Bonchev–Trinajstić information content (AvgIpc) is 2.32. The normalized spacial score (nSPS) is 20.9. The molecule has 18 heavy (non-hydrogen) atoms. The van der Waals surface area contributed by atoms with Gasteiger partial charge >= 0.3 is 0 Å². The summed E-state index contributed by atoms with van der Waals surface area (Å²) in [6, 6.07) is 3.05. The van der Waals surface area contributed by atoms with Crippen molar-refractivity contribution < 1.29 is 4.39 Å². The van der Waals surface area contributed by atoms with Crippen molar-refractivity contribution >= 4 is 27.3 Å². The smallest absolute Gasteiger partial charge is 0.139 e. The van der Waals surface area contributed by atoms with E-state index in [0.717, 1.165) is 13.1 Å². The van der Waals surface area contributed by atoms with Gasteiger partial charge in [0.05, 0.1) is 15.8 Å². The fourth-order valence-electron chi connectivity index (χ4n) is 2.41. The van der Waals surface area contributed by atoms with Crippen LogP contribution in [0.5, 0.6) is 0 Å². The van der Waals surface area contributed by atoms with Crippen LogP contribution in [-0.4, -0.2) is 31.6 Å². The molecule has 5 heteroatoms. The first kappa shape index (κ1) is 13.6. The Hall–Kier alpha value is -0.810. The zero-order valence-corrected chi connectivity index (χ0v) is 12.1. The van der Waals surface area contributed by atoms with E-state index in [4.69, 9.17) is 5.73 Å². The summed E-state index contributed by atoms with van der Waals surface area (Å²) in [5, 5.41) is 3.26. The summed E-state index contributed by atoms with van der Waals surface area (Å²) in [6.45, 7) is 3.10. The molecule has 2 rings (SSSR count). The lowest BCUT2D eigenvalue weighted by Crippen LogP contribution is -2.35. The van der Waals surface area contributed by atoms with E-state index in [2.05, 4.69) is 33.2 Å². The topological polar surface area (TPSA) is 41.3 Å². The standard InChI is InChI=1S/C13H19BrFN3/c1-18-4-2-3-9(8-18)7-17-13-6-11(15)10(14)5-12(13)16/h5-6,9,17H,2-4,7-8,16H2,1H3. The molecule has 0 bridgehead atoms. The summed E-state index contributed by atoms with van der Waals surface area (Å²) in [6.07, 6.45) is 2.45. The summed E-state index contributed by atoms with van der Waals surface area (Å²) >= 11 is 3.13. The molecule has 3 nitrogen and oxygen atoms in total. The molecule has 0 spiro atoms. The monoisotopic (exact) mass is 315 g/mol. The molecular weight excluding hydrogens is 297 g/mol. The Kier molecular flexibility index (Phi) is 4.45. The quantitative estimate of drug-likeness (QED) is 0.843. The van der Waals surface area contributed by atoms with Gasteiger partial charge in [0.15, 0.2) is 0 Å². The molecule has 0 aromatic heterocycles.